The first-order chi connectivity index (χ1) is 4.08. The summed E-state index contributed by atoms with van der Waals surface area (Å²) >= 11 is 0. The lowest BCUT2D eigenvalue weighted by Gasteiger charge is -1.94. The van der Waals surface area contributed by atoms with Gasteiger partial charge in [0.1, 0.15) is 0 Å². The van der Waals surface area contributed by atoms with Gasteiger partial charge in [0.15, 0.2) is 9.84 Å². The fraction of sp³-hybridized carbons (Fsp3) is 1.00. The fourth-order valence-corrected chi connectivity index (χ4v) is 2.29. The second-order valence-corrected chi connectivity index (χ2v) is 4.90. The third-order valence-corrected chi connectivity index (χ3v) is 3.91. The third-order valence-electron chi connectivity index (χ3n) is 1.64. The molecule has 1 aliphatic carbocycles. The Bertz CT molecular complexity index is 197. The van der Waals surface area contributed by atoms with Crippen LogP contribution < -0.4 is 5.73 Å². The first-order valence-electron chi connectivity index (χ1n) is 3.05. The molecule has 0 radical (unpaired) electrons. The van der Waals surface area contributed by atoms with Crippen molar-refractivity contribution in [2.75, 3.05) is 5.75 Å². The van der Waals surface area contributed by atoms with E-state index in [9.17, 15) is 8.42 Å². The van der Waals surface area contributed by atoms with Gasteiger partial charge in [0.25, 0.3) is 0 Å². The number of hydrogen-bond acceptors (Lipinski definition) is 3. The van der Waals surface area contributed by atoms with Crippen molar-refractivity contribution in [3.8, 4) is 0 Å². The van der Waals surface area contributed by atoms with Crippen LogP contribution in [0.25, 0.3) is 0 Å². The molecular weight excluding hydrogens is 138 g/mol. The fourth-order valence-electron chi connectivity index (χ4n) is 0.817. The summed E-state index contributed by atoms with van der Waals surface area (Å²) < 4.78 is 21.8. The SMILES string of the molecule is CCS(=O)(=O)[C@@H]1C[C@@H]1N. The van der Waals surface area contributed by atoms with Crippen LogP contribution in [0, 0.1) is 0 Å². The second-order valence-electron chi connectivity index (χ2n) is 2.39. The molecule has 2 atom stereocenters. The van der Waals surface area contributed by atoms with Gasteiger partial charge in [0, 0.05) is 11.8 Å². The Morgan fingerprint density at radius 3 is 2.22 bits per heavy atom. The van der Waals surface area contributed by atoms with Crippen LogP contribution in [0.2, 0.25) is 0 Å². The standard InChI is InChI=1S/C5H11NO2S/c1-2-9(7,8)5-3-4(5)6/h4-5H,2-3,6H2,1H3/t4-,5+/m0/s1. The molecule has 1 fully saturated rings. The first-order valence-corrected chi connectivity index (χ1v) is 4.76. The smallest absolute Gasteiger partial charge is 0.154 e. The van der Waals surface area contributed by atoms with E-state index in [4.69, 9.17) is 5.73 Å². The number of nitrogens with two attached hydrogens (primary N) is 1. The highest BCUT2D eigenvalue weighted by Gasteiger charge is 2.43. The minimum absolute atomic E-state index is 0.0741. The van der Waals surface area contributed by atoms with Gasteiger partial charge in [-0.25, -0.2) is 8.42 Å². The van der Waals surface area contributed by atoms with Crippen LogP contribution in [-0.2, 0) is 9.84 Å². The first kappa shape index (κ1) is 7.02. The molecule has 54 valence electrons. The largest absolute Gasteiger partial charge is 0.326 e. The number of sulfone groups is 1. The predicted molar refractivity (Wildman–Crippen MR) is 35.8 cm³/mol. The molecule has 1 rings (SSSR count). The minimum Gasteiger partial charge on any atom is -0.326 e. The van der Waals surface area contributed by atoms with E-state index < -0.39 is 9.84 Å². The summed E-state index contributed by atoms with van der Waals surface area (Å²) in [7, 11) is -2.80. The summed E-state index contributed by atoms with van der Waals surface area (Å²) in [6, 6.07) is -0.0741. The minimum atomic E-state index is -2.80. The Labute approximate surface area is 55.2 Å². The van der Waals surface area contributed by atoms with Gasteiger partial charge in [-0.05, 0) is 6.42 Å². The van der Waals surface area contributed by atoms with E-state index in [0.29, 0.717) is 6.42 Å². The molecular formula is C5H11NO2S. The van der Waals surface area contributed by atoms with E-state index in [-0.39, 0.29) is 17.0 Å². The molecule has 0 bridgehead atoms. The van der Waals surface area contributed by atoms with Crippen LogP contribution >= 0.6 is 0 Å². The van der Waals surface area contributed by atoms with E-state index in [0.717, 1.165) is 0 Å². The van der Waals surface area contributed by atoms with E-state index >= 15 is 0 Å². The van der Waals surface area contributed by atoms with Gasteiger partial charge in [0.05, 0.1) is 5.25 Å². The van der Waals surface area contributed by atoms with E-state index in [1.807, 2.05) is 0 Å². The molecule has 9 heavy (non-hydrogen) atoms. The van der Waals surface area contributed by atoms with Gasteiger partial charge in [-0.1, -0.05) is 6.92 Å². The topological polar surface area (TPSA) is 60.2 Å². The van der Waals surface area contributed by atoms with Crippen molar-refractivity contribution < 1.29 is 8.42 Å². The van der Waals surface area contributed by atoms with Crippen LogP contribution in [0.1, 0.15) is 13.3 Å². The van der Waals surface area contributed by atoms with E-state index in [1.54, 1.807) is 6.92 Å². The molecule has 0 aromatic rings. The van der Waals surface area contributed by atoms with Crippen LogP contribution in [0.15, 0.2) is 0 Å². The monoisotopic (exact) mass is 149 g/mol. The molecule has 0 aromatic carbocycles. The zero-order chi connectivity index (χ0) is 7.07. The zero-order valence-corrected chi connectivity index (χ0v) is 6.19. The molecule has 1 aliphatic rings. The third kappa shape index (κ3) is 1.24. The van der Waals surface area contributed by atoms with Crippen molar-refractivity contribution in [2.24, 2.45) is 5.73 Å². The summed E-state index contributed by atoms with van der Waals surface area (Å²) in [6.45, 7) is 1.65. The summed E-state index contributed by atoms with van der Waals surface area (Å²) in [4.78, 5) is 0. The van der Waals surface area contributed by atoms with Gasteiger partial charge >= 0.3 is 0 Å². The molecule has 0 spiro atoms. The Hall–Kier alpha value is -0.0900. The molecule has 1 saturated carbocycles. The lowest BCUT2D eigenvalue weighted by molar-refractivity contribution is 0.595. The highest BCUT2D eigenvalue weighted by atomic mass is 32.2. The van der Waals surface area contributed by atoms with Crippen molar-refractivity contribution in [2.45, 2.75) is 24.6 Å². The highest BCUT2D eigenvalue weighted by Crippen LogP contribution is 2.27. The highest BCUT2D eigenvalue weighted by molar-refractivity contribution is 7.92. The molecule has 0 amide bonds. The maximum atomic E-state index is 10.9. The molecule has 0 saturated heterocycles. The van der Waals surface area contributed by atoms with Crippen LogP contribution in [0.5, 0.6) is 0 Å². The lowest BCUT2D eigenvalue weighted by atomic mass is 10.8. The normalized spacial score (nSPS) is 34.4. The van der Waals surface area contributed by atoms with Crippen molar-refractivity contribution in [1.82, 2.24) is 0 Å². The molecule has 0 heterocycles. The van der Waals surface area contributed by atoms with Crippen molar-refractivity contribution in [1.29, 1.82) is 0 Å². The molecule has 3 nitrogen and oxygen atoms in total. The average Bonchev–Trinajstić information content (AvgIpc) is 2.47. The lowest BCUT2D eigenvalue weighted by Crippen LogP contribution is -2.16. The number of hydrogen-bond donors (Lipinski definition) is 1. The molecule has 0 unspecified atom stereocenters. The molecule has 0 aliphatic heterocycles. The van der Waals surface area contributed by atoms with Gasteiger partial charge in [0.2, 0.25) is 0 Å². The van der Waals surface area contributed by atoms with Crippen LogP contribution in [-0.4, -0.2) is 25.5 Å². The van der Waals surface area contributed by atoms with Gasteiger partial charge < -0.3 is 5.73 Å². The Kier molecular flexibility index (Phi) is 1.52. The van der Waals surface area contributed by atoms with Crippen molar-refractivity contribution >= 4 is 9.84 Å². The molecule has 0 aromatic heterocycles. The summed E-state index contributed by atoms with van der Waals surface area (Å²) in [5.41, 5.74) is 5.35. The predicted octanol–water partition coefficient (Wildman–Crippen LogP) is -0.479. The molecule has 4 heteroatoms. The Balaban J connectivity index is 2.63. The zero-order valence-electron chi connectivity index (χ0n) is 5.37. The van der Waals surface area contributed by atoms with Crippen LogP contribution in [0.3, 0.4) is 0 Å². The van der Waals surface area contributed by atoms with Gasteiger partial charge in [-0.2, -0.15) is 0 Å². The Morgan fingerprint density at radius 1 is 1.67 bits per heavy atom. The van der Waals surface area contributed by atoms with Gasteiger partial charge in [-0.3, -0.25) is 0 Å². The van der Waals surface area contributed by atoms with E-state index in [2.05, 4.69) is 0 Å². The summed E-state index contributed by atoms with van der Waals surface area (Å²) in [5.74, 6) is 0.228. The quantitative estimate of drug-likeness (QED) is 0.577. The second kappa shape index (κ2) is 1.95. The summed E-state index contributed by atoms with van der Waals surface area (Å²) in [5, 5.41) is -0.220. The van der Waals surface area contributed by atoms with Crippen LogP contribution in [0.4, 0.5) is 0 Å². The maximum absolute atomic E-state index is 10.9. The average molecular weight is 149 g/mol. The Morgan fingerprint density at radius 2 is 2.11 bits per heavy atom. The molecule has 2 N–H and O–H groups in total. The number of rotatable bonds is 2. The van der Waals surface area contributed by atoms with Gasteiger partial charge in [-0.15, -0.1) is 0 Å². The van der Waals surface area contributed by atoms with Crippen molar-refractivity contribution in [3.05, 3.63) is 0 Å². The maximum Gasteiger partial charge on any atom is 0.154 e. The summed E-state index contributed by atoms with van der Waals surface area (Å²) in [6.07, 6.45) is 0.663. The van der Waals surface area contributed by atoms with Crippen molar-refractivity contribution in [3.63, 3.8) is 0 Å². The van der Waals surface area contributed by atoms with E-state index in [1.165, 1.54) is 0 Å².